The minimum atomic E-state index is -3.84. The molecule has 8 nitrogen and oxygen atoms in total. The van der Waals surface area contributed by atoms with Crippen LogP contribution in [0, 0.1) is 10.1 Å². The molecule has 0 saturated carbocycles. The van der Waals surface area contributed by atoms with Crippen molar-refractivity contribution in [2.45, 2.75) is 11.6 Å². The molecule has 0 aliphatic carbocycles. The Hall–Kier alpha value is -1.78. The van der Waals surface area contributed by atoms with E-state index in [0.717, 1.165) is 5.56 Å². The number of hydrogen-bond donors (Lipinski definition) is 1. The molecule has 20 heavy (non-hydrogen) atoms. The molecule has 0 aliphatic rings. The van der Waals surface area contributed by atoms with Crippen molar-refractivity contribution in [3.8, 4) is 0 Å². The molecule has 0 radical (unpaired) electrons. The number of nitrogens with two attached hydrogens (primary N) is 1. The van der Waals surface area contributed by atoms with Gasteiger partial charge in [-0.05, 0) is 11.6 Å². The summed E-state index contributed by atoms with van der Waals surface area (Å²) in [5.74, 6) is 0. The topological polar surface area (TPSA) is 121 Å². The van der Waals surface area contributed by atoms with Crippen LogP contribution in [-0.2, 0) is 16.6 Å². The molecule has 10 heteroatoms. The van der Waals surface area contributed by atoms with Crippen LogP contribution in [0.25, 0.3) is 0 Å². The Morgan fingerprint density at radius 1 is 1.45 bits per heavy atom. The largest absolute Gasteiger partial charge is 0.332 e. The van der Waals surface area contributed by atoms with E-state index in [9.17, 15) is 18.5 Å². The van der Waals surface area contributed by atoms with Gasteiger partial charge in [0.15, 0.2) is 5.03 Å². The van der Waals surface area contributed by atoms with Crippen LogP contribution in [0.2, 0.25) is 0 Å². The lowest BCUT2D eigenvalue weighted by Crippen LogP contribution is -2.12. The van der Waals surface area contributed by atoms with E-state index < -0.39 is 14.9 Å². The minimum absolute atomic E-state index is 0.0310. The molecule has 0 atom stereocenters. The van der Waals surface area contributed by atoms with Crippen LogP contribution in [0.1, 0.15) is 5.56 Å². The van der Waals surface area contributed by atoms with E-state index in [1.807, 2.05) is 0 Å². The van der Waals surface area contributed by atoms with Crippen LogP contribution in [0.15, 0.2) is 40.2 Å². The number of nitro groups is 1. The quantitative estimate of drug-likeness (QED) is 0.649. The predicted molar refractivity (Wildman–Crippen MR) is 73.5 cm³/mol. The van der Waals surface area contributed by atoms with E-state index in [4.69, 9.17) is 5.14 Å². The highest BCUT2D eigenvalue weighted by Crippen LogP contribution is 2.23. The Morgan fingerprint density at radius 2 is 2.15 bits per heavy atom. The molecule has 0 aliphatic heterocycles. The molecular weight excluding hydrogens is 352 g/mol. The van der Waals surface area contributed by atoms with Gasteiger partial charge in [0.1, 0.15) is 0 Å². The van der Waals surface area contributed by atoms with E-state index in [0.29, 0.717) is 11.0 Å². The summed E-state index contributed by atoms with van der Waals surface area (Å²) >= 11 is 3.24. The van der Waals surface area contributed by atoms with Crippen molar-refractivity contribution < 1.29 is 13.3 Å². The van der Waals surface area contributed by atoms with E-state index in [1.165, 1.54) is 29.2 Å². The lowest BCUT2D eigenvalue weighted by Gasteiger charge is -2.05. The van der Waals surface area contributed by atoms with Gasteiger partial charge in [0.05, 0.1) is 11.3 Å². The maximum Gasteiger partial charge on any atom is 0.270 e. The number of nitro benzene ring substituents is 1. The number of halogens is 1. The van der Waals surface area contributed by atoms with Crippen molar-refractivity contribution in [2.75, 3.05) is 0 Å². The van der Waals surface area contributed by atoms with E-state index in [1.54, 1.807) is 6.07 Å². The summed E-state index contributed by atoms with van der Waals surface area (Å²) < 4.78 is 24.3. The first-order chi connectivity index (χ1) is 9.27. The molecule has 0 fully saturated rings. The average Bonchev–Trinajstić information content (AvgIpc) is 2.80. The summed E-state index contributed by atoms with van der Waals surface area (Å²) in [6.07, 6.45) is 2.62. The van der Waals surface area contributed by atoms with Gasteiger partial charge in [0, 0.05) is 29.3 Å². The first kappa shape index (κ1) is 14.6. The van der Waals surface area contributed by atoms with Crippen LogP contribution >= 0.6 is 15.9 Å². The number of nitrogens with zero attached hydrogens (tertiary/aromatic N) is 3. The number of rotatable bonds is 4. The maximum atomic E-state index is 11.1. The second-order valence-corrected chi connectivity index (χ2v) is 6.32. The molecule has 2 aromatic rings. The van der Waals surface area contributed by atoms with E-state index >= 15 is 0 Å². The normalized spacial score (nSPS) is 11.5. The van der Waals surface area contributed by atoms with Crippen molar-refractivity contribution in [1.82, 2.24) is 9.55 Å². The molecule has 1 aromatic carbocycles. The Kier molecular flexibility index (Phi) is 3.88. The van der Waals surface area contributed by atoms with Gasteiger partial charge in [-0.25, -0.2) is 18.5 Å². The van der Waals surface area contributed by atoms with Gasteiger partial charge in [-0.3, -0.25) is 10.1 Å². The van der Waals surface area contributed by atoms with Crippen LogP contribution in [-0.4, -0.2) is 22.9 Å². The molecule has 1 heterocycles. The fraction of sp³-hybridized carbons (Fsp3) is 0.100. The molecule has 0 saturated heterocycles. The van der Waals surface area contributed by atoms with Gasteiger partial charge >= 0.3 is 0 Å². The highest BCUT2D eigenvalue weighted by Gasteiger charge is 2.13. The lowest BCUT2D eigenvalue weighted by atomic mass is 10.2. The lowest BCUT2D eigenvalue weighted by molar-refractivity contribution is -0.384. The fourth-order valence-corrected chi connectivity index (χ4v) is 2.52. The van der Waals surface area contributed by atoms with Crippen molar-refractivity contribution in [2.24, 2.45) is 5.14 Å². The number of aromatic nitrogens is 2. The number of primary sulfonamides is 1. The molecule has 1 aromatic heterocycles. The molecule has 0 unspecified atom stereocenters. The Balaban J connectivity index is 2.27. The zero-order chi connectivity index (χ0) is 14.9. The number of benzene rings is 1. The predicted octanol–water partition coefficient (Wildman–Crippen LogP) is 1.25. The van der Waals surface area contributed by atoms with Crippen LogP contribution in [0.3, 0.4) is 0 Å². The van der Waals surface area contributed by atoms with E-state index in [2.05, 4.69) is 20.9 Å². The van der Waals surface area contributed by atoms with Crippen LogP contribution in [0.5, 0.6) is 0 Å². The second-order valence-electron chi connectivity index (χ2n) is 3.96. The first-order valence-electron chi connectivity index (χ1n) is 5.25. The molecule has 0 bridgehead atoms. The summed E-state index contributed by atoms with van der Waals surface area (Å²) in [5.41, 5.74) is 0.713. The van der Waals surface area contributed by atoms with Crippen molar-refractivity contribution in [1.29, 1.82) is 0 Å². The van der Waals surface area contributed by atoms with Gasteiger partial charge in [-0.15, -0.1) is 0 Å². The Morgan fingerprint density at radius 3 is 2.65 bits per heavy atom. The molecule has 2 rings (SSSR count). The molecule has 0 amide bonds. The van der Waals surface area contributed by atoms with Gasteiger partial charge in [-0.1, -0.05) is 15.9 Å². The Bertz CT molecular complexity index is 771. The maximum absolute atomic E-state index is 11.1. The third-order valence-corrected chi connectivity index (χ3v) is 4.03. The summed E-state index contributed by atoms with van der Waals surface area (Å²) in [6, 6.07) is 4.34. The van der Waals surface area contributed by atoms with Crippen molar-refractivity contribution in [3.63, 3.8) is 0 Å². The van der Waals surface area contributed by atoms with Gasteiger partial charge in [0.25, 0.3) is 15.7 Å². The summed E-state index contributed by atoms with van der Waals surface area (Å²) in [5, 5.41) is 15.4. The molecule has 0 spiro atoms. The summed E-state index contributed by atoms with van der Waals surface area (Å²) in [7, 11) is -3.84. The molecule has 106 valence electrons. The monoisotopic (exact) mass is 360 g/mol. The van der Waals surface area contributed by atoms with Crippen molar-refractivity contribution in [3.05, 3.63) is 50.9 Å². The third kappa shape index (κ3) is 3.21. The summed E-state index contributed by atoms with van der Waals surface area (Å²) in [4.78, 5) is 13.8. The summed E-state index contributed by atoms with van der Waals surface area (Å²) in [6.45, 7) is 0.307. The van der Waals surface area contributed by atoms with Gasteiger partial charge in [-0.2, -0.15) is 0 Å². The van der Waals surface area contributed by atoms with E-state index in [-0.39, 0.29) is 10.7 Å². The number of hydrogen-bond acceptors (Lipinski definition) is 5. The SMILES string of the molecule is NS(=O)(=O)c1cn(Cc2ccc([N+](=O)[O-])cc2Br)cn1. The first-order valence-corrected chi connectivity index (χ1v) is 7.58. The smallest absolute Gasteiger partial charge is 0.270 e. The standard InChI is InChI=1S/C10H9BrN4O4S/c11-9-3-8(15(16)17)2-1-7(9)4-14-5-10(13-6-14)20(12,18)19/h1-3,5-6H,4H2,(H2,12,18,19). The number of imidazole rings is 1. The van der Waals surface area contributed by atoms with Crippen LogP contribution < -0.4 is 5.14 Å². The van der Waals surface area contributed by atoms with Gasteiger partial charge in [0.2, 0.25) is 0 Å². The second kappa shape index (κ2) is 5.31. The van der Waals surface area contributed by atoms with Crippen LogP contribution in [0.4, 0.5) is 5.69 Å². The third-order valence-electron chi connectivity index (χ3n) is 2.50. The van der Waals surface area contributed by atoms with Gasteiger partial charge < -0.3 is 4.57 Å². The highest BCUT2D eigenvalue weighted by atomic mass is 79.9. The molecule has 2 N–H and O–H groups in total. The Labute approximate surface area is 122 Å². The fourth-order valence-electron chi connectivity index (χ4n) is 1.55. The minimum Gasteiger partial charge on any atom is -0.332 e. The average molecular weight is 361 g/mol. The van der Waals surface area contributed by atoms with Crippen molar-refractivity contribution >= 4 is 31.6 Å². The zero-order valence-corrected chi connectivity index (χ0v) is 12.3. The highest BCUT2D eigenvalue weighted by molar-refractivity contribution is 9.10. The number of sulfonamides is 1. The number of non-ortho nitro benzene ring substituents is 1. The zero-order valence-electron chi connectivity index (χ0n) is 9.93. The molecular formula is C10H9BrN4O4S.